The van der Waals surface area contributed by atoms with Gasteiger partial charge in [0.2, 0.25) is 0 Å². The quantitative estimate of drug-likeness (QED) is 0.946. The molecule has 0 aromatic carbocycles. The highest BCUT2D eigenvalue weighted by molar-refractivity contribution is 5.34. The standard InChI is InChI=1S/C18H28N4O/c1-13-6-7-14(2)22(13)17-10-16(18(3,4)5)21(20-17)12-15-11-19-8-9-23-15/h6-7,10,15,19H,8-9,11-12H2,1-5H3/t15-/m1/s1. The molecule has 1 aliphatic heterocycles. The molecule has 1 fully saturated rings. The van der Waals surface area contributed by atoms with Crippen LogP contribution in [0, 0.1) is 13.8 Å². The summed E-state index contributed by atoms with van der Waals surface area (Å²) < 4.78 is 10.2. The van der Waals surface area contributed by atoms with Crippen molar-refractivity contribution in [1.29, 1.82) is 0 Å². The molecule has 3 heterocycles. The van der Waals surface area contributed by atoms with Crippen LogP contribution in [-0.2, 0) is 16.7 Å². The summed E-state index contributed by atoms with van der Waals surface area (Å²) in [5.74, 6) is 0.999. The molecule has 1 atom stereocenters. The minimum Gasteiger partial charge on any atom is -0.374 e. The van der Waals surface area contributed by atoms with Gasteiger partial charge in [0.15, 0.2) is 5.82 Å². The second-order valence-corrected chi connectivity index (χ2v) is 7.47. The van der Waals surface area contributed by atoms with E-state index in [2.05, 4.69) is 67.4 Å². The van der Waals surface area contributed by atoms with Crippen molar-refractivity contribution in [2.45, 2.75) is 52.7 Å². The number of hydrogen-bond acceptors (Lipinski definition) is 3. The van der Waals surface area contributed by atoms with Crippen LogP contribution >= 0.6 is 0 Å². The average Bonchev–Trinajstić information content (AvgIpc) is 3.03. The predicted molar refractivity (Wildman–Crippen MR) is 92.3 cm³/mol. The fourth-order valence-corrected chi connectivity index (χ4v) is 3.22. The van der Waals surface area contributed by atoms with Crippen molar-refractivity contribution in [2.24, 2.45) is 0 Å². The highest BCUT2D eigenvalue weighted by atomic mass is 16.5. The van der Waals surface area contributed by atoms with E-state index >= 15 is 0 Å². The first kappa shape index (κ1) is 16.3. The third-order valence-electron chi connectivity index (χ3n) is 4.42. The maximum atomic E-state index is 5.87. The van der Waals surface area contributed by atoms with Crippen molar-refractivity contribution in [1.82, 2.24) is 19.7 Å². The number of nitrogens with zero attached hydrogens (tertiary/aromatic N) is 3. The van der Waals surface area contributed by atoms with Crippen LogP contribution in [0.5, 0.6) is 0 Å². The molecule has 0 unspecified atom stereocenters. The third-order valence-corrected chi connectivity index (χ3v) is 4.42. The zero-order chi connectivity index (χ0) is 16.6. The summed E-state index contributed by atoms with van der Waals surface area (Å²) in [5, 5.41) is 8.30. The Morgan fingerprint density at radius 3 is 2.52 bits per heavy atom. The van der Waals surface area contributed by atoms with Crippen LogP contribution in [0.15, 0.2) is 18.2 Å². The van der Waals surface area contributed by atoms with Crippen molar-refractivity contribution in [2.75, 3.05) is 19.7 Å². The van der Waals surface area contributed by atoms with Gasteiger partial charge in [-0.3, -0.25) is 4.68 Å². The predicted octanol–water partition coefficient (Wildman–Crippen LogP) is 2.58. The van der Waals surface area contributed by atoms with E-state index in [9.17, 15) is 0 Å². The fraction of sp³-hybridized carbons (Fsp3) is 0.611. The molecular weight excluding hydrogens is 288 g/mol. The van der Waals surface area contributed by atoms with Gasteiger partial charge in [0.1, 0.15) is 0 Å². The van der Waals surface area contributed by atoms with Gasteiger partial charge < -0.3 is 14.6 Å². The summed E-state index contributed by atoms with van der Waals surface area (Å²) >= 11 is 0. The Kier molecular flexibility index (Phi) is 4.34. The van der Waals surface area contributed by atoms with Crippen LogP contribution in [0.4, 0.5) is 0 Å². The second kappa shape index (κ2) is 6.13. The van der Waals surface area contributed by atoms with Gasteiger partial charge >= 0.3 is 0 Å². The number of ether oxygens (including phenoxy) is 1. The summed E-state index contributed by atoms with van der Waals surface area (Å²) in [6.07, 6.45) is 0.185. The van der Waals surface area contributed by atoms with E-state index in [1.54, 1.807) is 0 Å². The second-order valence-electron chi connectivity index (χ2n) is 7.47. The number of nitrogens with one attached hydrogen (secondary N) is 1. The highest BCUT2D eigenvalue weighted by Crippen LogP contribution is 2.26. The molecule has 0 saturated carbocycles. The smallest absolute Gasteiger partial charge is 0.159 e. The topological polar surface area (TPSA) is 44.0 Å². The summed E-state index contributed by atoms with van der Waals surface area (Å²) in [5.41, 5.74) is 3.71. The molecule has 0 bridgehead atoms. The van der Waals surface area contributed by atoms with Gasteiger partial charge in [-0.1, -0.05) is 20.8 Å². The van der Waals surface area contributed by atoms with E-state index < -0.39 is 0 Å². The van der Waals surface area contributed by atoms with Gasteiger partial charge in [-0.05, 0) is 26.0 Å². The first-order valence-corrected chi connectivity index (χ1v) is 8.42. The van der Waals surface area contributed by atoms with Crippen LogP contribution in [-0.4, -0.2) is 40.1 Å². The molecule has 0 radical (unpaired) electrons. The lowest BCUT2D eigenvalue weighted by Gasteiger charge is -2.26. The lowest BCUT2D eigenvalue weighted by Crippen LogP contribution is -2.41. The first-order valence-electron chi connectivity index (χ1n) is 8.42. The van der Waals surface area contributed by atoms with Gasteiger partial charge in [-0.25, -0.2) is 0 Å². The van der Waals surface area contributed by atoms with Crippen LogP contribution < -0.4 is 5.32 Å². The average molecular weight is 316 g/mol. The Morgan fingerprint density at radius 2 is 1.96 bits per heavy atom. The number of hydrogen-bond donors (Lipinski definition) is 1. The van der Waals surface area contributed by atoms with Crippen LogP contribution in [0.3, 0.4) is 0 Å². The van der Waals surface area contributed by atoms with Crippen LogP contribution in [0.1, 0.15) is 37.9 Å². The molecule has 23 heavy (non-hydrogen) atoms. The Morgan fingerprint density at radius 1 is 1.26 bits per heavy atom. The van der Waals surface area contributed by atoms with Crippen LogP contribution in [0.25, 0.3) is 5.82 Å². The normalized spacial score (nSPS) is 19.3. The highest BCUT2D eigenvalue weighted by Gasteiger charge is 2.24. The fourth-order valence-electron chi connectivity index (χ4n) is 3.22. The van der Waals surface area contributed by atoms with Crippen molar-refractivity contribution in [3.05, 3.63) is 35.3 Å². The molecule has 5 heteroatoms. The minimum absolute atomic E-state index is 0.0440. The Hall–Kier alpha value is -1.59. The molecule has 0 spiro atoms. The zero-order valence-electron chi connectivity index (χ0n) is 14.9. The van der Waals surface area contributed by atoms with E-state index in [1.165, 1.54) is 17.1 Å². The molecule has 126 valence electrons. The van der Waals surface area contributed by atoms with Gasteiger partial charge in [0.25, 0.3) is 0 Å². The van der Waals surface area contributed by atoms with Crippen molar-refractivity contribution < 1.29 is 4.74 Å². The monoisotopic (exact) mass is 316 g/mol. The molecule has 1 N–H and O–H groups in total. The Labute approximate surface area is 138 Å². The van der Waals surface area contributed by atoms with E-state index in [0.717, 1.165) is 32.1 Å². The summed E-state index contributed by atoms with van der Waals surface area (Å²) in [6.45, 7) is 14.3. The van der Waals surface area contributed by atoms with Gasteiger partial charge in [-0.15, -0.1) is 0 Å². The summed E-state index contributed by atoms with van der Waals surface area (Å²) in [6, 6.07) is 6.49. The maximum absolute atomic E-state index is 5.87. The molecular formula is C18H28N4O. The molecule has 1 aliphatic rings. The maximum Gasteiger partial charge on any atom is 0.159 e. The molecule has 1 saturated heterocycles. The summed E-state index contributed by atoms with van der Waals surface area (Å²) in [7, 11) is 0. The number of aromatic nitrogens is 3. The molecule has 0 amide bonds. The van der Waals surface area contributed by atoms with Crippen molar-refractivity contribution in [3.63, 3.8) is 0 Å². The third kappa shape index (κ3) is 3.35. The molecule has 0 aliphatic carbocycles. The Bertz CT molecular complexity index is 652. The SMILES string of the molecule is Cc1ccc(C)n1-c1cc(C(C)(C)C)n(C[C@H]2CNCCO2)n1. The largest absolute Gasteiger partial charge is 0.374 e. The first-order chi connectivity index (χ1) is 10.9. The number of rotatable bonds is 3. The van der Waals surface area contributed by atoms with E-state index in [1.807, 2.05) is 0 Å². The summed E-state index contributed by atoms with van der Waals surface area (Å²) in [4.78, 5) is 0. The van der Waals surface area contributed by atoms with E-state index in [4.69, 9.17) is 9.84 Å². The van der Waals surface area contributed by atoms with Crippen LogP contribution in [0.2, 0.25) is 0 Å². The minimum atomic E-state index is 0.0440. The number of aryl methyl sites for hydroxylation is 2. The van der Waals surface area contributed by atoms with Crippen molar-refractivity contribution >= 4 is 0 Å². The molecule has 3 rings (SSSR count). The van der Waals surface area contributed by atoms with Gasteiger partial charge in [-0.2, -0.15) is 5.10 Å². The van der Waals surface area contributed by atoms with Crippen molar-refractivity contribution in [3.8, 4) is 5.82 Å². The van der Waals surface area contributed by atoms with E-state index in [0.29, 0.717) is 0 Å². The van der Waals surface area contributed by atoms with Gasteiger partial charge in [0, 0.05) is 41.7 Å². The number of morpholine rings is 1. The van der Waals surface area contributed by atoms with E-state index in [-0.39, 0.29) is 11.5 Å². The molecule has 2 aromatic rings. The Balaban J connectivity index is 1.97. The van der Waals surface area contributed by atoms with Gasteiger partial charge in [0.05, 0.1) is 19.3 Å². The molecule has 5 nitrogen and oxygen atoms in total. The lowest BCUT2D eigenvalue weighted by atomic mass is 9.92. The molecule has 2 aromatic heterocycles. The zero-order valence-corrected chi connectivity index (χ0v) is 14.9. The lowest BCUT2D eigenvalue weighted by molar-refractivity contribution is 0.0152.